The molecule has 0 aliphatic carbocycles. The molecule has 0 aliphatic heterocycles. The summed E-state index contributed by atoms with van der Waals surface area (Å²) in [7, 11) is -3.65. The van der Waals surface area contributed by atoms with Gasteiger partial charge < -0.3 is 15.3 Å². The predicted molar refractivity (Wildman–Crippen MR) is 123 cm³/mol. The van der Waals surface area contributed by atoms with E-state index < -0.39 is 40.4 Å². The highest BCUT2D eigenvalue weighted by Gasteiger charge is 2.20. The smallest absolute Gasteiger partial charge is 0.305 e. The van der Waals surface area contributed by atoms with Crippen LogP contribution in [0.3, 0.4) is 0 Å². The van der Waals surface area contributed by atoms with Gasteiger partial charge in [-0.05, 0) is 37.1 Å². The second-order valence-electron chi connectivity index (χ2n) is 7.78. The Hall–Kier alpha value is -2.89. The first-order valence-corrected chi connectivity index (χ1v) is 12.0. The largest absolute Gasteiger partial charge is 0.481 e. The van der Waals surface area contributed by atoms with Gasteiger partial charge in [0.1, 0.15) is 5.82 Å². The van der Waals surface area contributed by atoms with Crippen molar-refractivity contribution in [2.45, 2.75) is 51.7 Å². The summed E-state index contributed by atoms with van der Waals surface area (Å²) < 4.78 is 40.0. The van der Waals surface area contributed by atoms with Gasteiger partial charge in [-0.15, -0.1) is 0 Å². The molecule has 0 bridgehead atoms. The number of nitrogens with one attached hydrogen (secondary N) is 1. The zero-order valence-electron chi connectivity index (χ0n) is 18.6. The molecule has 0 amide bonds. The van der Waals surface area contributed by atoms with Crippen LogP contribution in [0.5, 0.6) is 0 Å². The van der Waals surface area contributed by atoms with Gasteiger partial charge in [-0.2, -0.15) is 0 Å². The Morgan fingerprint density at radius 3 is 2.36 bits per heavy atom. The van der Waals surface area contributed by atoms with Crippen molar-refractivity contribution in [1.29, 1.82) is 0 Å². The van der Waals surface area contributed by atoms with Crippen molar-refractivity contribution in [3.63, 3.8) is 0 Å². The fourth-order valence-electron chi connectivity index (χ4n) is 3.03. The molecule has 0 saturated heterocycles. The van der Waals surface area contributed by atoms with Crippen LogP contribution in [0.25, 0.3) is 17.3 Å². The molecule has 2 rings (SSSR count). The number of carboxylic acids is 1. The maximum Gasteiger partial charge on any atom is 0.305 e. The Morgan fingerprint density at radius 2 is 1.82 bits per heavy atom. The van der Waals surface area contributed by atoms with E-state index in [1.807, 2.05) is 13.8 Å². The molecule has 0 saturated carbocycles. The molecular weight excluding hydrogens is 453 g/mol. The van der Waals surface area contributed by atoms with Crippen LogP contribution >= 0.6 is 0 Å². The van der Waals surface area contributed by atoms with Gasteiger partial charge in [-0.1, -0.05) is 26.0 Å². The van der Waals surface area contributed by atoms with Crippen LogP contribution in [-0.4, -0.2) is 57.6 Å². The van der Waals surface area contributed by atoms with E-state index in [0.717, 1.165) is 0 Å². The third-order valence-corrected chi connectivity index (χ3v) is 5.93. The zero-order chi connectivity index (χ0) is 24.8. The van der Waals surface area contributed by atoms with Crippen molar-refractivity contribution >= 4 is 28.0 Å². The third-order valence-electron chi connectivity index (χ3n) is 4.68. The van der Waals surface area contributed by atoms with Gasteiger partial charge in [-0.25, -0.2) is 22.8 Å². The standard InChI is InChI=1S/C22H28FN3O6S/c1-4-33(31,32)26-22-24-20(13(2)3)18(10-9-16(27)11-17(28)12-19(29)30)21(25-22)14-5-7-15(23)8-6-14/h5-10,13,16-17,27-28H,4,11-12H2,1-3H3,(H,29,30)(H,24,25,26)/b10-9+/t16-,17?/m1/s1. The van der Waals surface area contributed by atoms with Crippen LogP contribution in [0, 0.1) is 5.82 Å². The van der Waals surface area contributed by atoms with Crippen molar-refractivity contribution < 1.29 is 32.9 Å². The van der Waals surface area contributed by atoms with Crippen molar-refractivity contribution in [2.75, 3.05) is 10.5 Å². The lowest BCUT2D eigenvalue weighted by Crippen LogP contribution is -2.19. The van der Waals surface area contributed by atoms with Gasteiger partial charge in [-0.3, -0.25) is 9.52 Å². The summed E-state index contributed by atoms with van der Waals surface area (Å²) in [6, 6.07) is 5.47. The van der Waals surface area contributed by atoms with Gasteiger partial charge in [0.15, 0.2) is 0 Å². The van der Waals surface area contributed by atoms with Gasteiger partial charge in [0.25, 0.3) is 0 Å². The number of aliphatic carboxylic acids is 1. The van der Waals surface area contributed by atoms with E-state index in [0.29, 0.717) is 22.5 Å². The highest BCUT2D eigenvalue weighted by molar-refractivity contribution is 7.92. The molecule has 0 aliphatic rings. The molecule has 9 nitrogen and oxygen atoms in total. The van der Waals surface area contributed by atoms with Crippen LogP contribution < -0.4 is 4.72 Å². The number of hydrogen-bond acceptors (Lipinski definition) is 7. The molecule has 11 heteroatoms. The lowest BCUT2D eigenvalue weighted by atomic mass is 9.97. The number of sulfonamides is 1. The van der Waals surface area contributed by atoms with Crippen molar-refractivity contribution in [3.05, 3.63) is 47.4 Å². The summed E-state index contributed by atoms with van der Waals surface area (Å²) in [6.45, 7) is 5.17. The SMILES string of the molecule is CCS(=O)(=O)Nc1nc(-c2ccc(F)cc2)c(/C=C/[C@@H](O)CC(O)CC(=O)O)c(C(C)C)n1. The number of carbonyl (C=O) groups is 1. The Morgan fingerprint density at radius 1 is 1.18 bits per heavy atom. The van der Waals surface area contributed by atoms with Gasteiger partial charge in [0.2, 0.25) is 16.0 Å². The van der Waals surface area contributed by atoms with Crippen molar-refractivity contribution in [3.8, 4) is 11.3 Å². The first-order valence-electron chi connectivity index (χ1n) is 10.4. The van der Waals surface area contributed by atoms with Gasteiger partial charge in [0, 0.05) is 17.5 Å². The number of nitrogens with zero attached hydrogens (tertiary/aromatic N) is 2. The maximum atomic E-state index is 13.5. The molecule has 1 aromatic heterocycles. The fourth-order valence-corrected chi connectivity index (χ4v) is 3.54. The Kier molecular flexibility index (Phi) is 9.03. The molecule has 180 valence electrons. The highest BCUT2D eigenvalue weighted by atomic mass is 32.2. The molecule has 1 unspecified atom stereocenters. The number of aromatic nitrogens is 2. The second-order valence-corrected chi connectivity index (χ2v) is 9.79. The van der Waals surface area contributed by atoms with Crippen LogP contribution in [0.2, 0.25) is 0 Å². The predicted octanol–water partition coefficient (Wildman–Crippen LogP) is 2.77. The first-order chi connectivity index (χ1) is 15.4. The zero-order valence-corrected chi connectivity index (χ0v) is 19.4. The average Bonchev–Trinajstić information content (AvgIpc) is 2.71. The molecule has 0 fully saturated rings. The third kappa shape index (κ3) is 7.88. The average molecular weight is 482 g/mol. The number of carboxylic acid groups (broad SMARTS) is 1. The van der Waals surface area contributed by atoms with E-state index in [-0.39, 0.29) is 24.0 Å². The summed E-state index contributed by atoms with van der Waals surface area (Å²) >= 11 is 0. The summed E-state index contributed by atoms with van der Waals surface area (Å²) in [6.07, 6.45) is -0.175. The minimum Gasteiger partial charge on any atom is -0.481 e. The molecule has 0 radical (unpaired) electrons. The van der Waals surface area contributed by atoms with Gasteiger partial charge >= 0.3 is 5.97 Å². The Labute approximate surface area is 192 Å². The second kappa shape index (κ2) is 11.3. The summed E-state index contributed by atoms with van der Waals surface area (Å²) in [5.41, 5.74) is 1.77. The molecule has 2 atom stereocenters. The van der Waals surface area contributed by atoms with Gasteiger partial charge in [0.05, 0.1) is 35.8 Å². The van der Waals surface area contributed by atoms with E-state index in [4.69, 9.17) is 5.11 Å². The molecule has 1 heterocycles. The highest BCUT2D eigenvalue weighted by Crippen LogP contribution is 2.31. The van der Waals surface area contributed by atoms with Crippen molar-refractivity contribution in [2.24, 2.45) is 0 Å². The number of rotatable bonds is 11. The molecule has 0 spiro atoms. The quantitative estimate of drug-likeness (QED) is 0.383. The van der Waals surface area contributed by atoms with Crippen LogP contribution in [0.4, 0.5) is 10.3 Å². The fraction of sp³-hybridized carbons (Fsp3) is 0.409. The number of aliphatic hydroxyl groups excluding tert-OH is 2. The summed E-state index contributed by atoms with van der Waals surface area (Å²) in [5.74, 6) is -2.12. The van der Waals surface area contributed by atoms with E-state index >= 15 is 0 Å². The minimum atomic E-state index is -3.65. The minimum absolute atomic E-state index is 0.130. The molecule has 4 N–H and O–H groups in total. The summed E-state index contributed by atoms with van der Waals surface area (Å²) in [5, 5.41) is 28.8. The normalized spacial score (nSPS) is 13.9. The number of aliphatic hydroxyl groups is 2. The van der Waals surface area contributed by atoms with Crippen LogP contribution in [0.15, 0.2) is 30.3 Å². The lowest BCUT2D eigenvalue weighted by molar-refractivity contribution is -0.139. The Bertz CT molecular complexity index is 1100. The molecule has 33 heavy (non-hydrogen) atoms. The van der Waals surface area contributed by atoms with Crippen LogP contribution in [0.1, 0.15) is 50.8 Å². The number of hydrogen-bond donors (Lipinski definition) is 4. The first kappa shape index (κ1) is 26.4. The van der Waals surface area contributed by atoms with E-state index in [1.54, 1.807) is 0 Å². The van der Waals surface area contributed by atoms with E-state index in [1.165, 1.54) is 43.3 Å². The van der Waals surface area contributed by atoms with Crippen LogP contribution in [-0.2, 0) is 14.8 Å². The van der Waals surface area contributed by atoms with E-state index in [9.17, 15) is 27.8 Å². The number of benzene rings is 1. The number of halogens is 1. The topological polar surface area (TPSA) is 150 Å². The monoisotopic (exact) mass is 481 g/mol. The molecular formula is C22H28FN3O6S. The number of anilines is 1. The Balaban J connectivity index is 2.56. The lowest BCUT2D eigenvalue weighted by Gasteiger charge is -2.17. The molecule has 1 aromatic carbocycles. The van der Waals surface area contributed by atoms with E-state index in [2.05, 4.69) is 14.7 Å². The maximum absolute atomic E-state index is 13.5. The molecule has 2 aromatic rings. The summed E-state index contributed by atoms with van der Waals surface area (Å²) in [4.78, 5) is 19.4. The van der Waals surface area contributed by atoms with Crippen molar-refractivity contribution in [1.82, 2.24) is 9.97 Å².